The fraction of sp³-hybridized carbons (Fsp3) is 0. The van der Waals surface area contributed by atoms with Crippen molar-refractivity contribution in [1.29, 1.82) is 0 Å². The summed E-state index contributed by atoms with van der Waals surface area (Å²) in [5, 5.41) is 3.83. The van der Waals surface area contributed by atoms with Crippen LogP contribution in [0.3, 0.4) is 0 Å². The third-order valence-electron chi connectivity index (χ3n) is 3.95. The van der Waals surface area contributed by atoms with Crippen molar-refractivity contribution in [2.45, 2.75) is 9.79 Å². The molecule has 0 atom stereocenters. The Morgan fingerprint density at radius 3 is 2.12 bits per heavy atom. The lowest BCUT2D eigenvalue weighted by molar-refractivity contribution is 0.611. The minimum Gasteiger partial charge on any atom is -0.212 e. The molecule has 0 saturated carbocycles. The van der Waals surface area contributed by atoms with Crippen molar-refractivity contribution < 1.29 is 8.42 Å². The van der Waals surface area contributed by atoms with E-state index in [0.29, 0.717) is 4.90 Å². The fourth-order valence-corrected chi connectivity index (χ4v) is 5.92. The summed E-state index contributed by atoms with van der Waals surface area (Å²) in [5.74, 6) is 0. The van der Waals surface area contributed by atoms with Crippen LogP contribution in [0.1, 0.15) is 0 Å². The van der Waals surface area contributed by atoms with E-state index < -0.39 is 8.87 Å². The largest absolute Gasteiger partial charge is 0.235 e. The van der Waals surface area contributed by atoms with Crippen LogP contribution in [-0.4, -0.2) is 8.42 Å². The maximum Gasteiger partial charge on any atom is 0.235 e. The average Bonchev–Trinajstić information content (AvgIpc) is 2.61. The zero-order valence-corrected chi connectivity index (χ0v) is 14.3. The summed E-state index contributed by atoms with van der Waals surface area (Å²) in [5.41, 5.74) is 0. The standard InChI is InChI=1S/C20H14O2S2/c21-24(22,20-11-5-9-16-7-3-4-10-19(16)20)23-18-13-12-15-6-1-2-8-17(15)14-18/h1-14H. The van der Waals surface area contributed by atoms with Crippen molar-refractivity contribution in [3.05, 3.63) is 84.9 Å². The van der Waals surface area contributed by atoms with Gasteiger partial charge in [0, 0.05) is 21.1 Å². The minimum atomic E-state index is -3.49. The minimum absolute atomic E-state index is 0.360. The van der Waals surface area contributed by atoms with Crippen LogP contribution in [0, 0.1) is 0 Å². The van der Waals surface area contributed by atoms with Gasteiger partial charge in [0.25, 0.3) is 0 Å². The van der Waals surface area contributed by atoms with Crippen molar-refractivity contribution in [3.8, 4) is 0 Å². The summed E-state index contributed by atoms with van der Waals surface area (Å²) < 4.78 is 25.8. The molecule has 4 aromatic carbocycles. The number of hydrogen-bond acceptors (Lipinski definition) is 3. The van der Waals surface area contributed by atoms with E-state index in [4.69, 9.17) is 0 Å². The smallest absolute Gasteiger partial charge is 0.212 e. The SMILES string of the molecule is O=S(=O)(Sc1ccc2ccccc2c1)c1cccc2ccccc12. The monoisotopic (exact) mass is 350 g/mol. The lowest BCUT2D eigenvalue weighted by Gasteiger charge is -2.08. The highest BCUT2D eigenvalue weighted by Crippen LogP contribution is 2.35. The fourth-order valence-electron chi connectivity index (χ4n) is 2.80. The molecule has 0 aliphatic carbocycles. The molecular formula is C20H14O2S2. The topological polar surface area (TPSA) is 34.1 Å². The second-order valence-corrected chi connectivity index (χ2v) is 9.33. The first-order chi connectivity index (χ1) is 11.6. The van der Waals surface area contributed by atoms with Gasteiger partial charge in [0.05, 0.1) is 4.90 Å². The highest BCUT2D eigenvalue weighted by Gasteiger charge is 2.19. The van der Waals surface area contributed by atoms with Crippen molar-refractivity contribution in [2.24, 2.45) is 0 Å². The molecule has 0 heterocycles. The van der Waals surface area contributed by atoms with Crippen LogP contribution >= 0.6 is 10.8 Å². The Bertz CT molecular complexity index is 1140. The Hall–Kier alpha value is -2.30. The normalized spacial score (nSPS) is 11.8. The molecule has 0 unspecified atom stereocenters. The van der Waals surface area contributed by atoms with Gasteiger partial charge in [0.15, 0.2) is 0 Å². The zero-order chi connectivity index (χ0) is 16.6. The summed E-state index contributed by atoms with van der Waals surface area (Å²) >= 11 is 0. The molecule has 0 fully saturated rings. The molecule has 0 aliphatic heterocycles. The van der Waals surface area contributed by atoms with Gasteiger partial charge in [-0.3, -0.25) is 0 Å². The van der Waals surface area contributed by atoms with Crippen LogP contribution in [0.4, 0.5) is 0 Å². The summed E-state index contributed by atoms with van der Waals surface area (Å²) in [4.78, 5) is 1.08. The summed E-state index contributed by atoms with van der Waals surface area (Å²) in [6.45, 7) is 0. The van der Waals surface area contributed by atoms with Gasteiger partial charge in [-0.1, -0.05) is 66.7 Å². The summed E-state index contributed by atoms with van der Waals surface area (Å²) in [7, 11) is -2.59. The van der Waals surface area contributed by atoms with Crippen molar-refractivity contribution >= 4 is 41.2 Å². The highest BCUT2D eigenvalue weighted by molar-refractivity contribution is 8.72. The van der Waals surface area contributed by atoms with E-state index in [1.165, 1.54) is 0 Å². The Labute approximate surface area is 144 Å². The van der Waals surface area contributed by atoms with E-state index in [-0.39, 0.29) is 0 Å². The lowest BCUT2D eigenvalue weighted by atomic mass is 10.1. The second kappa shape index (κ2) is 5.96. The second-order valence-electron chi connectivity index (χ2n) is 5.52. The molecule has 0 radical (unpaired) electrons. The molecule has 4 heteroatoms. The van der Waals surface area contributed by atoms with Gasteiger partial charge in [-0.05, 0) is 34.4 Å². The first-order valence-electron chi connectivity index (χ1n) is 7.54. The quantitative estimate of drug-likeness (QED) is 0.459. The third kappa shape index (κ3) is 2.79. The number of benzene rings is 4. The first kappa shape index (κ1) is 15.2. The molecule has 0 amide bonds. The molecular weight excluding hydrogens is 336 g/mol. The van der Waals surface area contributed by atoms with Crippen molar-refractivity contribution in [2.75, 3.05) is 0 Å². The molecule has 0 saturated heterocycles. The zero-order valence-electron chi connectivity index (χ0n) is 12.7. The van der Waals surface area contributed by atoms with Crippen LogP contribution in [0.2, 0.25) is 0 Å². The van der Waals surface area contributed by atoms with Crippen LogP contribution in [0.15, 0.2) is 94.7 Å². The van der Waals surface area contributed by atoms with E-state index in [1.54, 1.807) is 12.1 Å². The van der Waals surface area contributed by atoms with E-state index in [2.05, 4.69) is 0 Å². The van der Waals surface area contributed by atoms with Gasteiger partial charge in [-0.2, -0.15) is 0 Å². The predicted molar refractivity (Wildman–Crippen MR) is 101 cm³/mol. The van der Waals surface area contributed by atoms with E-state index in [9.17, 15) is 8.42 Å². The van der Waals surface area contributed by atoms with Gasteiger partial charge < -0.3 is 0 Å². The van der Waals surface area contributed by atoms with Gasteiger partial charge >= 0.3 is 0 Å². The highest BCUT2D eigenvalue weighted by atomic mass is 33.1. The maximum atomic E-state index is 12.9. The Morgan fingerprint density at radius 2 is 1.29 bits per heavy atom. The van der Waals surface area contributed by atoms with Gasteiger partial charge in [-0.25, -0.2) is 8.42 Å². The molecule has 2 nitrogen and oxygen atoms in total. The number of rotatable bonds is 3. The van der Waals surface area contributed by atoms with Crippen LogP contribution in [-0.2, 0) is 8.87 Å². The third-order valence-corrected chi connectivity index (χ3v) is 7.28. The van der Waals surface area contributed by atoms with E-state index in [1.807, 2.05) is 72.8 Å². The van der Waals surface area contributed by atoms with Crippen LogP contribution < -0.4 is 0 Å². The van der Waals surface area contributed by atoms with E-state index >= 15 is 0 Å². The predicted octanol–water partition coefficient (Wildman–Crippen LogP) is 5.47. The van der Waals surface area contributed by atoms with Crippen LogP contribution in [0.25, 0.3) is 21.5 Å². The molecule has 0 aliphatic rings. The Morgan fingerprint density at radius 1 is 0.625 bits per heavy atom. The number of fused-ring (bicyclic) bond motifs is 2. The summed E-state index contributed by atoms with van der Waals surface area (Å²) in [6, 6.07) is 26.6. The lowest BCUT2D eigenvalue weighted by Crippen LogP contribution is -1.96. The molecule has 118 valence electrons. The van der Waals surface area contributed by atoms with Crippen molar-refractivity contribution in [3.63, 3.8) is 0 Å². The first-order valence-corrected chi connectivity index (χ1v) is 10.4. The number of hydrogen-bond donors (Lipinski definition) is 0. The molecule has 4 rings (SSSR count). The van der Waals surface area contributed by atoms with Crippen LogP contribution in [0.5, 0.6) is 0 Å². The molecule has 0 spiro atoms. The van der Waals surface area contributed by atoms with E-state index in [0.717, 1.165) is 37.2 Å². The van der Waals surface area contributed by atoms with Gasteiger partial charge in [0.1, 0.15) is 0 Å². The van der Waals surface area contributed by atoms with Gasteiger partial charge in [0.2, 0.25) is 8.87 Å². The Kier molecular flexibility index (Phi) is 3.79. The molecule has 0 bridgehead atoms. The molecule has 4 aromatic rings. The average molecular weight is 350 g/mol. The molecule has 0 aromatic heterocycles. The van der Waals surface area contributed by atoms with Crippen molar-refractivity contribution in [1.82, 2.24) is 0 Å². The van der Waals surface area contributed by atoms with Gasteiger partial charge in [-0.15, -0.1) is 0 Å². The Balaban J connectivity index is 1.79. The molecule has 24 heavy (non-hydrogen) atoms. The summed E-state index contributed by atoms with van der Waals surface area (Å²) in [6.07, 6.45) is 0. The maximum absolute atomic E-state index is 12.9. The molecule has 0 N–H and O–H groups in total.